The Bertz CT molecular complexity index is 1170. The van der Waals surface area contributed by atoms with E-state index in [1.807, 2.05) is 0 Å². The van der Waals surface area contributed by atoms with Crippen LogP contribution in [0.5, 0.6) is 0 Å². The normalized spacial score (nSPS) is 17.2. The number of nitrogens with one attached hydrogen (secondary N) is 1. The number of sulfonamides is 1. The number of hydrogen-bond donors (Lipinski definition) is 1. The molecular weight excluding hydrogens is 495 g/mol. The second-order valence-corrected chi connectivity index (χ2v) is 10.4. The lowest BCUT2D eigenvalue weighted by molar-refractivity contribution is -0.119. The molecule has 0 spiro atoms. The zero-order chi connectivity index (χ0) is 21.3. The van der Waals surface area contributed by atoms with Gasteiger partial charge in [0.05, 0.1) is 4.90 Å². The van der Waals surface area contributed by atoms with E-state index < -0.39 is 22.0 Å². The molecule has 3 aromatic rings. The lowest BCUT2D eigenvalue weighted by Crippen LogP contribution is -2.43. The van der Waals surface area contributed by atoms with Crippen molar-refractivity contribution in [2.24, 2.45) is 0 Å². The molecule has 1 saturated heterocycles. The number of amides is 1. The van der Waals surface area contributed by atoms with E-state index in [1.54, 1.807) is 24.3 Å². The quantitative estimate of drug-likeness (QED) is 0.561. The summed E-state index contributed by atoms with van der Waals surface area (Å²) in [7, 11) is -3.80. The van der Waals surface area contributed by atoms with Gasteiger partial charge in [-0.3, -0.25) is 10.1 Å². The minimum absolute atomic E-state index is 0.139. The Morgan fingerprint density at radius 2 is 1.83 bits per heavy atom. The average Bonchev–Trinajstić information content (AvgIpc) is 3.39. The number of hydrogen-bond acceptors (Lipinski definition) is 6. The summed E-state index contributed by atoms with van der Waals surface area (Å²) in [5, 5.41) is 11.4. The predicted octanol–water partition coefficient (Wildman–Crippen LogP) is 3.90. The van der Waals surface area contributed by atoms with Crippen molar-refractivity contribution < 1.29 is 17.6 Å². The summed E-state index contributed by atoms with van der Waals surface area (Å²) in [6.07, 6.45) is 1.01. The van der Waals surface area contributed by atoms with Crippen LogP contribution < -0.4 is 5.32 Å². The molecule has 1 aliphatic heterocycles. The fourth-order valence-corrected chi connectivity index (χ4v) is 5.88. The van der Waals surface area contributed by atoms with E-state index in [-0.39, 0.29) is 22.4 Å². The Morgan fingerprint density at radius 3 is 2.53 bits per heavy atom. The van der Waals surface area contributed by atoms with Gasteiger partial charge >= 0.3 is 0 Å². The zero-order valence-electron chi connectivity index (χ0n) is 15.5. The minimum Gasteiger partial charge on any atom is -0.299 e. The molecule has 11 heteroatoms. The molecule has 0 saturated carbocycles. The van der Waals surface area contributed by atoms with Crippen molar-refractivity contribution in [1.29, 1.82) is 0 Å². The Balaban J connectivity index is 1.50. The molecule has 7 nitrogen and oxygen atoms in total. The third-order valence-electron chi connectivity index (χ3n) is 4.67. The minimum atomic E-state index is -3.80. The van der Waals surface area contributed by atoms with Crippen LogP contribution in [0.15, 0.2) is 57.9 Å². The third kappa shape index (κ3) is 4.29. The van der Waals surface area contributed by atoms with Crippen molar-refractivity contribution in [3.63, 3.8) is 0 Å². The number of carbonyl (C=O) groups is 1. The molecule has 1 aromatic heterocycles. The van der Waals surface area contributed by atoms with Crippen molar-refractivity contribution in [3.8, 4) is 10.6 Å². The summed E-state index contributed by atoms with van der Waals surface area (Å²) < 4.78 is 41.1. The lowest BCUT2D eigenvalue weighted by Gasteiger charge is -2.23. The molecule has 0 radical (unpaired) electrons. The maximum atomic E-state index is 13.1. The molecule has 0 bridgehead atoms. The summed E-state index contributed by atoms with van der Waals surface area (Å²) in [5.74, 6) is -0.805. The Kier molecular flexibility index (Phi) is 5.96. The van der Waals surface area contributed by atoms with Crippen LogP contribution in [-0.2, 0) is 14.8 Å². The summed E-state index contributed by atoms with van der Waals surface area (Å²) in [6, 6.07) is 11.3. The summed E-state index contributed by atoms with van der Waals surface area (Å²) in [6.45, 7) is 0.271. The molecule has 1 atom stereocenters. The number of benzene rings is 2. The van der Waals surface area contributed by atoms with Crippen LogP contribution in [0.2, 0.25) is 0 Å². The first kappa shape index (κ1) is 21.0. The van der Waals surface area contributed by atoms with Crippen molar-refractivity contribution in [3.05, 3.63) is 58.8 Å². The summed E-state index contributed by atoms with van der Waals surface area (Å²) >= 11 is 4.42. The number of carbonyl (C=O) groups excluding carboxylic acids is 1. The van der Waals surface area contributed by atoms with E-state index in [1.165, 1.54) is 28.6 Å². The van der Waals surface area contributed by atoms with Gasteiger partial charge in [0.25, 0.3) is 0 Å². The van der Waals surface area contributed by atoms with Gasteiger partial charge in [0.1, 0.15) is 16.9 Å². The second-order valence-electron chi connectivity index (χ2n) is 6.64. The van der Waals surface area contributed by atoms with Crippen molar-refractivity contribution >= 4 is 48.3 Å². The topological polar surface area (TPSA) is 92.3 Å². The Hall–Kier alpha value is -2.21. The van der Waals surface area contributed by atoms with Gasteiger partial charge in [0.15, 0.2) is 0 Å². The molecule has 2 aromatic carbocycles. The van der Waals surface area contributed by atoms with E-state index in [0.29, 0.717) is 23.4 Å². The maximum absolute atomic E-state index is 13.1. The van der Waals surface area contributed by atoms with Gasteiger partial charge in [-0.1, -0.05) is 27.3 Å². The standard InChI is InChI=1S/C19H16BrFN4O3S2/c20-13-5-9-15(10-6-13)30(27,28)25-11-1-2-16(25)17(26)22-19-24-23-18(29-19)12-3-7-14(21)8-4-12/h3-10,16H,1-2,11H2,(H,22,24,26). The van der Waals surface area contributed by atoms with Gasteiger partial charge in [0, 0.05) is 16.6 Å². The van der Waals surface area contributed by atoms with Crippen LogP contribution >= 0.6 is 27.3 Å². The lowest BCUT2D eigenvalue weighted by atomic mass is 10.2. The molecule has 4 rings (SSSR count). The Labute approximate surface area is 185 Å². The number of halogens is 2. The van der Waals surface area contributed by atoms with Gasteiger partial charge < -0.3 is 0 Å². The van der Waals surface area contributed by atoms with E-state index in [4.69, 9.17) is 0 Å². The number of nitrogens with zero attached hydrogens (tertiary/aromatic N) is 3. The van der Waals surface area contributed by atoms with Crippen LogP contribution in [0.4, 0.5) is 9.52 Å². The average molecular weight is 511 g/mol. The fourth-order valence-electron chi connectivity index (χ4n) is 3.20. The smallest absolute Gasteiger partial charge is 0.244 e. The highest BCUT2D eigenvalue weighted by atomic mass is 79.9. The van der Waals surface area contributed by atoms with Crippen LogP contribution in [-0.4, -0.2) is 41.4 Å². The van der Waals surface area contributed by atoms with Gasteiger partial charge in [-0.05, 0) is 61.4 Å². The number of aromatic nitrogens is 2. The fraction of sp³-hybridized carbons (Fsp3) is 0.211. The summed E-state index contributed by atoms with van der Waals surface area (Å²) in [5.41, 5.74) is 0.676. The zero-order valence-corrected chi connectivity index (χ0v) is 18.7. The van der Waals surface area contributed by atoms with Crippen LogP contribution in [0.3, 0.4) is 0 Å². The monoisotopic (exact) mass is 510 g/mol. The Morgan fingerprint density at radius 1 is 1.13 bits per heavy atom. The van der Waals surface area contributed by atoms with Gasteiger partial charge in [-0.25, -0.2) is 12.8 Å². The third-order valence-corrected chi connectivity index (χ3v) is 8.01. The first-order valence-corrected chi connectivity index (χ1v) is 12.1. The van der Waals surface area contributed by atoms with E-state index in [9.17, 15) is 17.6 Å². The van der Waals surface area contributed by atoms with Crippen molar-refractivity contribution in [1.82, 2.24) is 14.5 Å². The first-order chi connectivity index (χ1) is 14.3. The van der Waals surface area contributed by atoms with Crippen molar-refractivity contribution in [2.45, 2.75) is 23.8 Å². The highest BCUT2D eigenvalue weighted by Gasteiger charge is 2.39. The summed E-state index contributed by atoms with van der Waals surface area (Å²) in [4.78, 5) is 13.0. The SMILES string of the molecule is O=C(Nc1nnc(-c2ccc(F)cc2)s1)C1CCCN1S(=O)(=O)c1ccc(Br)cc1. The molecule has 1 unspecified atom stereocenters. The molecule has 1 N–H and O–H groups in total. The molecule has 156 valence electrons. The number of rotatable bonds is 5. The van der Waals surface area contributed by atoms with Crippen LogP contribution in [0.25, 0.3) is 10.6 Å². The highest BCUT2D eigenvalue weighted by molar-refractivity contribution is 9.10. The van der Waals surface area contributed by atoms with Crippen molar-refractivity contribution in [2.75, 3.05) is 11.9 Å². The van der Waals surface area contributed by atoms with Gasteiger partial charge in [-0.2, -0.15) is 4.31 Å². The van der Waals surface area contributed by atoms with E-state index in [0.717, 1.165) is 15.8 Å². The molecule has 1 fully saturated rings. The molecule has 2 heterocycles. The highest BCUT2D eigenvalue weighted by Crippen LogP contribution is 2.30. The second kappa shape index (κ2) is 8.50. The molecule has 30 heavy (non-hydrogen) atoms. The number of anilines is 1. The predicted molar refractivity (Wildman–Crippen MR) is 115 cm³/mol. The van der Waals surface area contributed by atoms with Crippen LogP contribution in [0.1, 0.15) is 12.8 Å². The van der Waals surface area contributed by atoms with E-state index in [2.05, 4.69) is 31.4 Å². The molecular formula is C19H16BrFN4O3S2. The first-order valence-electron chi connectivity index (χ1n) is 9.02. The molecule has 1 aliphatic rings. The van der Waals surface area contributed by atoms with Gasteiger partial charge in [0.2, 0.25) is 21.1 Å². The largest absolute Gasteiger partial charge is 0.299 e. The molecule has 0 aliphatic carbocycles. The van der Waals surface area contributed by atoms with Gasteiger partial charge in [-0.15, -0.1) is 10.2 Å². The van der Waals surface area contributed by atoms with E-state index >= 15 is 0 Å². The molecule has 1 amide bonds. The van der Waals surface area contributed by atoms with Crippen LogP contribution in [0, 0.1) is 5.82 Å². The maximum Gasteiger partial charge on any atom is 0.244 e.